The van der Waals surface area contributed by atoms with E-state index in [0.29, 0.717) is 0 Å². The number of rotatable bonds is 5. The molecule has 1 radical (unpaired) electrons. The largest absolute Gasteiger partial charge is 0.340 e. The van der Waals surface area contributed by atoms with Crippen molar-refractivity contribution in [2.75, 3.05) is 6.67 Å². The van der Waals surface area contributed by atoms with Crippen molar-refractivity contribution in [2.45, 2.75) is 30.9 Å². The maximum absolute atomic E-state index is 12.5. The van der Waals surface area contributed by atoms with Gasteiger partial charge in [-0.1, -0.05) is 0 Å². The fraction of sp³-hybridized carbons (Fsp3) is 0.857. The molecule has 79 valence electrons. The highest BCUT2D eigenvalue weighted by molar-refractivity contribution is 4.91. The molecule has 6 heteroatoms. The topological polar surface area (TPSA) is 0 Å². The molecule has 0 aromatic heterocycles. The van der Waals surface area contributed by atoms with Crippen LogP contribution in [0.5, 0.6) is 0 Å². The highest BCUT2D eigenvalue weighted by Gasteiger charge is 2.60. The second-order valence-electron chi connectivity index (χ2n) is 2.52. The number of halogens is 6. The van der Waals surface area contributed by atoms with Crippen molar-refractivity contribution >= 4 is 0 Å². The summed E-state index contributed by atoms with van der Waals surface area (Å²) in [6.07, 6.45) is -5.83. The first-order chi connectivity index (χ1) is 5.79. The molecule has 0 N–H and O–H groups in total. The van der Waals surface area contributed by atoms with Gasteiger partial charge in [-0.15, -0.1) is 0 Å². The lowest BCUT2D eigenvalue weighted by molar-refractivity contribution is -0.238. The molecule has 0 saturated carbocycles. The Bertz CT molecular complexity index is 155. The van der Waals surface area contributed by atoms with Gasteiger partial charge in [0.15, 0.2) is 6.17 Å². The SMILES string of the molecule is [CH2]CC(F)(F)C(F)(F)[C@@H](F)CCF. The van der Waals surface area contributed by atoms with Crippen LogP contribution in [-0.4, -0.2) is 24.7 Å². The number of hydrogen-bond donors (Lipinski definition) is 0. The standard InChI is InChI=1S/C7H9F6/c1-2-6(10,11)7(12,13)5(9)3-4-8/h5H,1-4H2/t5-/m0/s1. The molecule has 0 aliphatic rings. The van der Waals surface area contributed by atoms with Gasteiger partial charge in [-0.05, 0) is 6.92 Å². The molecule has 0 fully saturated rings. The maximum Gasteiger partial charge on any atom is 0.340 e. The van der Waals surface area contributed by atoms with E-state index in [9.17, 15) is 26.3 Å². The molecular formula is C7H9F6. The lowest BCUT2D eigenvalue weighted by Gasteiger charge is -2.27. The zero-order chi connectivity index (χ0) is 10.7. The maximum atomic E-state index is 12.5. The Balaban J connectivity index is 4.53. The third-order valence-corrected chi connectivity index (χ3v) is 1.56. The minimum absolute atomic E-state index is 1.23. The quantitative estimate of drug-likeness (QED) is 0.607. The predicted octanol–water partition coefficient (Wildman–Crippen LogP) is 3.18. The average Bonchev–Trinajstić information content (AvgIpc) is 2.04. The van der Waals surface area contributed by atoms with Crippen LogP contribution in [-0.2, 0) is 0 Å². The molecule has 13 heavy (non-hydrogen) atoms. The summed E-state index contributed by atoms with van der Waals surface area (Å²) in [6, 6.07) is 0. The summed E-state index contributed by atoms with van der Waals surface area (Å²) in [5.74, 6) is -9.37. The molecule has 0 aromatic rings. The minimum atomic E-state index is -4.85. The summed E-state index contributed by atoms with van der Waals surface area (Å²) >= 11 is 0. The fourth-order valence-corrected chi connectivity index (χ4v) is 0.673. The van der Waals surface area contributed by atoms with Crippen LogP contribution >= 0.6 is 0 Å². The Morgan fingerprint density at radius 2 is 1.62 bits per heavy atom. The van der Waals surface area contributed by atoms with Crippen molar-refractivity contribution in [3.63, 3.8) is 0 Å². The molecule has 0 unspecified atom stereocenters. The Morgan fingerprint density at radius 1 is 1.15 bits per heavy atom. The first-order valence-corrected chi connectivity index (χ1v) is 3.54. The monoisotopic (exact) mass is 207 g/mol. The fourth-order valence-electron chi connectivity index (χ4n) is 0.673. The molecule has 0 heterocycles. The number of hydrogen-bond acceptors (Lipinski definition) is 0. The smallest absolute Gasteiger partial charge is 0.251 e. The highest BCUT2D eigenvalue weighted by atomic mass is 19.3. The van der Waals surface area contributed by atoms with Crippen molar-refractivity contribution in [1.82, 2.24) is 0 Å². The van der Waals surface area contributed by atoms with Crippen LogP contribution in [0.1, 0.15) is 12.8 Å². The van der Waals surface area contributed by atoms with Crippen LogP contribution in [0.25, 0.3) is 0 Å². The van der Waals surface area contributed by atoms with E-state index in [4.69, 9.17) is 0 Å². The van der Waals surface area contributed by atoms with E-state index in [2.05, 4.69) is 6.92 Å². The van der Waals surface area contributed by atoms with Gasteiger partial charge in [0.2, 0.25) is 0 Å². The Labute approximate surface area is 71.9 Å². The van der Waals surface area contributed by atoms with Crippen molar-refractivity contribution in [3.8, 4) is 0 Å². The molecule has 0 bridgehead atoms. The second kappa shape index (κ2) is 4.19. The van der Waals surface area contributed by atoms with Gasteiger partial charge >= 0.3 is 11.8 Å². The third-order valence-electron chi connectivity index (χ3n) is 1.56. The summed E-state index contributed by atoms with van der Waals surface area (Å²) < 4.78 is 73.4. The first-order valence-electron chi connectivity index (χ1n) is 3.54. The van der Waals surface area contributed by atoms with E-state index in [-0.39, 0.29) is 0 Å². The predicted molar refractivity (Wildman–Crippen MR) is 35.4 cm³/mol. The van der Waals surface area contributed by atoms with E-state index in [1.165, 1.54) is 0 Å². The van der Waals surface area contributed by atoms with Gasteiger partial charge in [0.25, 0.3) is 0 Å². The van der Waals surface area contributed by atoms with Crippen molar-refractivity contribution in [2.24, 2.45) is 0 Å². The Kier molecular flexibility index (Phi) is 4.06. The Morgan fingerprint density at radius 3 is 1.92 bits per heavy atom. The van der Waals surface area contributed by atoms with Crippen molar-refractivity contribution < 1.29 is 26.3 Å². The zero-order valence-electron chi connectivity index (χ0n) is 6.67. The molecule has 1 atom stereocenters. The molecule has 0 saturated heterocycles. The van der Waals surface area contributed by atoms with Crippen molar-refractivity contribution in [3.05, 3.63) is 6.92 Å². The second-order valence-corrected chi connectivity index (χ2v) is 2.52. The van der Waals surface area contributed by atoms with E-state index in [0.717, 1.165) is 0 Å². The highest BCUT2D eigenvalue weighted by Crippen LogP contribution is 2.41. The molecule has 0 rings (SSSR count). The lowest BCUT2D eigenvalue weighted by Crippen LogP contribution is -2.47. The van der Waals surface area contributed by atoms with Crippen LogP contribution in [0.4, 0.5) is 26.3 Å². The molecule has 0 nitrogen and oxygen atoms in total. The summed E-state index contributed by atoms with van der Waals surface area (Å²) in [4.78, 5) is 0. The van der Waals surface area contributed by atoms with Crippen molar-refractivity contribution in [1.29, 1.82) is 0 Å². The van der Waals surface area contributed by atoms with Crippen LogP contribution in [0.2, 0.25) is 0 Å². The molecule has 0 aliphatic heterocycles. The van der Waals surface area contributed by atoms with E-state index in [1.807, 2.05) is 0 Å². The summed E-state index contributed by atoms with van der Waals surface area (Å²) in [5.41, 5.74) is 0. The van der Waals surface area contributed by atoms with Crippen LogP contribution in [0.15, 0.2) is 0 Å². The van der Waals surface area contributed by atoms with E-state index < -0.39 is 37.5 Å². The lowest BCUT2D eigenvalue weighted by atomic mass is 10.0. The number of alkyl halides is 6. The zero-order valence-corrected chi connectivity index (χ0v) is 6.67. The Hall–Kier alpha value is -0.420. The van der Waals surface area contributed by atoms with Crippen LogP contribution in [0.3, 0.4) is 0 Å². The third kappa shape index (κ3) is 2.51. The normalized spacial score (nSPS) is 15.9. The van der Waals surface area contributed by atoms with Crippen LogP contribution < -0.4 is 0 Å². The van der Waals surface area contributed by atoms with Gasteiger partial charge in [0.1, 0.15) is 0 Å². The van der Waals surface area contributed by atoms with Gasteiger partial charge < -0.3 is 0 Å². The molecule has 0 spiro atoms. The van der Waals surface area contributed by atoms with Gasteiger partial charge in [-0.25, -0.2) is 4.39 Å². The van der Waals surface area contributed by atoms with Gasteiger partial charge in [0.05, 0.1) is 6.67 Å². The molecule has 0 aliphatic carbocycles. The first kappa shape index (κ1) is 12.6. The van der Waals surface area contributed by atoms with Crippen LogP contribution in [0, 0.1) is 6.92 Å². The van der Waals surface area contributed by atoms with Gasteiger partial charge in [0, 0.05) is 12.8 Å². The summed E-state index contributed by atoms with van der Waals surface area (Å²) in [7, 11) is 0. The summed E-state index contributed by atoms with van der Waals surface area (Å²) in [5, 5.41) is 0. The van der Waals surface area contributed by atoms with E-state index >= 15 is 0 Å². The molecule has 0 amide bonds. The van der Waals surface area contributed by atoms with Gasteiger partial charge in [-0.2, -0.15) is 17.6 Å². The minimum Gasteiger partial charge on any atom is -0.251 e. The average molecular weight is 207 g/mol. The van der Waals surface area contributed by atoms with Gasteiger partial charge in [-0.3, -0.25) is 4.39 Å². The molecule has 0 aromatic carbocycles. The molecular weight excluding hydrogens is 198 g/mol. The summed E-state index contributed by atoms with van der Waals surface area (Å²) in [6.45, 7) is 1.18. The van der Waals surface area contributed by atoms with E-state index in [1.54, 1.807) is 0 Å².